The lowest BCUT2D eigenvalue weighted by Gasteiger charge is -2.25. The van der Waals surface area contributed by atoms with Gasteiger partial charge in [-0.3, -0.25) is 0 Å². The van der Waals surface area contributed by atoms with Crippen LogP contribution in [0.5, 0.6) is 0 Å². The highest BCUT2D eigenvalue weighted by atomic mass is 32.2. The van der Waals surface area contributed by atoms with Crippen LogP contribution in [0, 0.1) is 0 Å². The summed E-state index contributed by atoms with van der Waals surface area (Å²) in [5.74, 6) is 0. The maximum absolute atomic E-state index is 12.6. The average Bonchev–Trinajstić information content (AvgIpc) is 2.89. The first kappa shape index (κ1) is 12.3. The number of rotatable bonds is 0. The molecule has 0 saturated carbocycles. The minimum absolute atomic E-state index is 0.244. The lowest BCUT2D eigenvalue weighted by molar-refractivity contribution is 0.388. The Hall–Kier alpha value is -1.40. The summed E-state index contributed by atoms with van der Waals surface area (Å²) < 4.78 is 25.2. The smallest absolute Gasteiger partial charge is 0.241 e. The lowest BCUT2D eigenvalue weighted by atomic mass is 10.1. The molecule has 1 aromatic rings. The second-order valence-corrected chi connectivity index (χ2v) is 7.55. The van der Waals surface area contributed by atoms with Gasteiger partial charge in [0.1, 0.15) is 4.90 Å². The van der Waals surface area contributed by atoms with Crippen LogP contribution in [0.1, 0.15) is 19.3 Å². The number of fused-ring (bicyclic) bond motifs is 3. The van der Waals surface area contributed by atoms with E-state index in [1.54, 1.807) is 18.2 Å². The van der Waals surface area contributed by atoms with Crippen molar-refractivity contribution in [2.75, 3.05) is 13.1 Å². The van der Waals surface area contributed by atoms with Gasteiger partial charge in [-0.1, -0.05) is 12.1 Å². The predicted octanol–water partition coefficient (Wildman–Crippen LogP) is 1.29. The largest absolute Gasteiger partial charge is 0.345 e. The molecule has 3 heterocycles. The molecule has 0 amide bonds. The molecule has 3 aliphatic heterocycles. The van der Waals surface area contributed by atoms with Crippen LogP contribution in [0.3, 0.4) is 0 Å². The molecule has 2 fully saturated rings. The zero-order valence-corrected chi connectivity index (χ0v) is 11.9. The van der Waals surface area contributed by atoms with Gasteiger partial charge >= 0.3 is 0 Å². The molecule has 20 heavy (non-hydrogen) atoms. The summed E-state index contributed by atoms with van der Waals surface area (Å²) in [5.41, 5.74) is 0.574. The number of hydrogen-bond acceptors (Lipinski definition) is 5. The number of nitrogens with zero attached hydrogens (tertiary/aromatic N) is 2. The van der Waals surface area contributed by atoms with Crippen molar-refractivity contribution < 1.29 is 8.42 Å². The van der Waals surface area contributed by atoms with Crippen LogP contribution >= 0.6 is 0 Å². The van der Waals surface area contributed by atoms with Gasteiger partial charge in [0.25, 0.3) is 0 Å². The fourth-order valence-corrected chi connectivity index (χ4v) is 4.96. The Morgan fingerprint density at radius 2 is 1.95 bits per heavy atom. The molecular weight excluding hydrogens is 274 g/mol. The minimum Gasteiger partial charge on any atom is -0.345 e. The van der Waals surface area contributed by atoms with Crippen molar-refractivity contribution in [2.24, 2.45) is 4.99 Å². The molecule has 0 radical (unpaired) electrons. The van der Waals surface area contributed by atoms with Crippen LogP contribution in [-0.4, -0.2) is 43.7 Å². The van der Waals surface area contributed by atoms with Crippen LogP contribution in [0.2, 0.25) is 0 Å². The summed E-state index contributed by atoms with van der Waals surface area (Å²) >= 11 is 0. The first-order valence-corrected chi connectivity index (χ1v) is 8.57. The predicted molar refractivity (Wildman–Crippen MR) is 76.9 cm³/mol. The number of likely N-dealkylation sites (tertiary alicyclic amines) is 1. The maximum Gasteiger partial charge on any atom is 0.241 e. The van der Waals surface area contributed by atoms with Crippen LogP contribution < -0.4 is 5.32 Å². The molecule has 2 unspecified atom stereocenters. The Labute approximate surface area is 118 Å². The normalized spacial score (nSPS) is 30.8. The zero-order valence-electron chi connectivity index (χ0n) is 11.1. The summed E-state index contributed by atoms with van der Waals surface area (Å²) in [5, 5.41) is 3.81. The molecule has 0 aromatic heterocycles. The molecule has 3 aliphatic rings. The molecule has 4 rings (SSSR count). The molecular formula is C14H17N3O2S. The van der Waals surface area contributed by atoms with Crippen molar-refractivity contribution >= 4 is 20.7 Å². The van der Waals surface area contributed by atoms with Gasteiger partial charge < -0.3 is 10.2 Å². The molecule has 1 aromatic carbocycles. The van der Waals surface area contributed by atoms with E-state index in [1.807, 2.05) is 11.0 Å². The summed E-state index contributed by atoms with van der Waals surface area (Å²) in [6, 6.07) is 7.92. The summed E-state index contributed by atoms with van der Waals surface area (Å²) in [6.45, 7) is 1.50. The maximum atomic E-state index is 12.6. The Morgan fingerprint density at radius 3 is 2.80 bits per heavy atom. The zero-order chi connectivity index (χ0) is 13.7. The summed E-state index contributed by atoms with van der Waals surface area (Å²) in [6.07, 6.45) is 3.32. The van der Waals surface area contributed by atoms with Gasteiger partial charge in [-0.05, 0) is 31.4 Å². The third-order valence-electron chi connectivity index (χ3n) is 4.40. The number of sulfone groups is 1. The van der Waals surface area contributed by atoms with Gasteiger partial charge in [0, 0.05) is 25.2 Å². The quantitative estimate of drug-likeness (QED) is 0.782. The summed E-state index contributed by atoms with van der Waals surface area (Å²) in [4.78, 5) is 6.68. The highest BCUT2D eigenvalue weighted by Crippen LogP contribution is 2.34. The number of nitrogens with one attached hydrogen (secondary N) is 1. The van der Waals surface area contributed by atoms with E-state index in [0.717, 1.165) is 25.9 Å². The van der Waals surface area contributed by atoms with Gasteiger partial charge in [-0.25, -0.2) is 13.4 Å². The molecule has 2 saturated heterocycles. The Morgan fingerprint density at radius 1 is 1.15 bits per heavy atom. The van der Waals surface area contributed by atoms with E-state index in [0.29, 0.717) is 22.7 Å². The number of benzene rings is 1. The van der Waals surface area contributed by atoms with E-state index < -0.39 is 9.84 Å². The summed E-state index contributed by atoms with van der Waals surface area (Å²) in [7, 11) is -3.43. The molecule has 2 bridgehead atoms. The topological polar surface area (TPSA) is 61.8 Å². The van der Waals surface area contributed by atoms with E-state index in [9.17, 15) is 8.42 Å². The first-order chi connectivity index (χ1) is 9.64. The van der Waals surface area contributed by atoms with Crippen molar-refractivity contribution in [3.8, 4) is 0 Å². The SMILES string of the molecule is O=S1(=O)C(N2CCC3CCC(C2)N3)=Nc2ccccc21. The van der Waals surface area contributed by atoms with E-state index in [-0.39, 0.29) is 5.17 Å². The van der Waals surface area contributed by atoms with Crippen molar-refractivity contribution in [2.45, 2.75) is 36.2 Å². The lowest BCUT2D eigenvalue weighted by Crippen LogP contribution is -2.41. The molecule has 0 aliphatic carbocycles. The highest BCUT2D eigenvalue weighted by molar-refractivity contribution is 8.06. The number of aliphatic imine (C=N–C) groups is 1. The van der Waals surface area contributed by atoms with E-state index >= 15 is 0 Å². The minimum atomic E-state index is -3.43. The van der Waals surface area contributed by atoms with Crippen molar-refractivity contribution in [3.63, 3.8) is 0 Å². The number of amidine groups is 1. The molecule has 106 valence electrons. The van der Waals surface area contributed by atoms with Crippen LogP contribution in [0.25, 0.3) is 0 Å². The van der Waals surface area contributed by atoms with Crippen LogP contribution in [0.15, 0.2) is 34.2 Å². The van der Waals surface area contributed by atoms with Gasteiger partial charge in [-0.15, -0.1) is 0 Å². The Balaban J connectivity index is 1.70. The van der Waals surface area contributed by atoms with E-state index in [4.69, 9.17) is 0 Å². The third-order valence-corrected chi connectivity index (χ3v) is 6.16. The molecule has 5 nitrogen and oxygen atoms in total. The fourth-order valence-electron chi connectivity index (χ4n) is 3.40. The molecule has 2 atom stereocenters. The molecule has 6 heteroatoms. The number of hydrogen-bond donors (Lipinski definition) is 1. The third kappa shape index (κ3) is 1.78. The highest BCUT2D eigenvalue weighted by Gasteiger charge is 2.38. The van der Waals surface area contributed by atoms with Gasteiger partial charge in [0.2, 0.25) is 15.0 Å². The molecule has 0 spiro atoms. The second-order valence-electron chi connectivity index (χ2n) is 5.74. The number of para-hydroxylation sites is 1. The second kappa shape index (κ2) is 4.30. The van der Waals surface area contributed by atoms with Crippen molar-refractivity contribution in [1.29, 1.82) is 0 Å². The Bertz CT molecular complexity index is 683. The average molecular weight is 291 g/mol. The standard InChI is InChI=1S/C14H17N3O2S/c18-20(19)13-4-2-1-3-12(13)16-14(20)17-8-7-10-5-6-11(9-17)15-10/h1-4,10-11,15H,5-9H2. The van der Waals surface area contributed by atoms with Crippen molar-refractivity contribution in [1.82, 2.24) is 10.2 Å². The van der Waals surface area contributed by atoms with Gasteiger partial charge in [0.15, 0.2) is 0 Å². The van der Waals surface area contributed by atoms with Crippen LogP contribution in [-0.2, 0) is 9.84 Å². The van der Waals surface area contributed by atoms with Crippen LogP contribution in [0.4, 0.5) is 5.69 Å². The Kier molecular flexibility index (Phi) is 2.65. The molecule has 1 N–H and O–H groups in total. The fraction of sp³-hybridized carbons (Fsp3) is 0.500. The monoisotopic (exact) mass is 291 g/mol. The van der Waals surface area contributed by atoms with E-state index in [2.05, 4.69) is 10.3 Å². The van der Waals surface area contributed by atoms with E-state index in [1.165, 1.54) is 6.42 Å². The van der Waals surface area contributed by atoms with Gasteiger partial charge in [0.05, 0.1) is 5.69 Å². The van der Waals surface area contributed by atoms with Gasteiger partial charge in [-0.2, -0.15) is 0 Å². The first-order valence-electron chi connectivity index (χ1n) is 7.08. The van der Waals surface area contributed by atoms with Crippen molar-refractivity contribution in [3.05, 3.63) is 24.3 Å².